The summed E-state index contributed by atoms with van der Waals surface area (Å²) in [7, 11) is 0. The van der Waals surface area contributed by atoms with Gasteiger partial charge in [0.05, 0.1) is 12.1 Å². The summed E-state index contributed by atoms with van der Waals surface area (Å²) in [6, 6.07) is 9.62. The molecule has 0 saturated heterocycles. The van der Waals surface area contributed by atoms with Crippen molar-refractivity contribution in [3.63, 3.8) is 0 Å². The molecule has 6 nitrogen and oxygen atoms in total. The van der Waals surface area contributed by atoms with Crippen LogP contribution in [0.15, 0.2) is 41.2 Å². The molecule has 4 N–H and O–H groups in total. The van der Waals surface area contributed by atoms with Crippen molar-refractivity contribution in [1.82, 2.24) is 10.2 Å². The Kier molecular flexibility index (Phi) is 4.27. The van der Waals surface area contributed by atoms with E-state index in [9.17, 15) is 9.59 Å². The van der Waals surface area contributed by atoms with E-state index in [1.54, 1.807) is 24.3 Å². The van der Waals surface area contributed by atoms with E-state index in [1.165, 1.54) is 12.1 Å². The number of nitrogens with zero attached hydrogens (tertiary/aromatic N) is 1. The Bertz CT molecular complexity index is 720. The van der Waals surface area contributed by atoms with Gasteiger partial charge in [-0.05, 0) is 18.2 Å². The molecule has 0 fully saturated rings. The zero-order chi connectivity index (χ0) is 14.4. The van der Waals surface area contributed by atoms with E-state index in [4.69, 9.17) is 5.73 Å². The Morgan fingerprint density at radius 1 is 1.30 bits per heavy atom. The molecule has 20 heavy (non-hydrogen) atoms. The third-order valence-electron chi connectivity index (χ3n) is 2.42. The van der Waals surface area contributed by atoms with Crippen molar-refractivity contribution in [3.05, 3.63) is 57.9 Å². The third-order valence-corrected chi connectivity index (χ3v) is 2.42. The molecular weight excluding hydrogens is 256 g/mol. The summed E-state index contributed by atoms with van der Waals surface area (Å²) in [4.78, 5) is 23.0. The van der Waals surface area contributed by atoms with Gasteiger partial charge >= 0.3 is 0 Å². The number of amides is 1. The molecule has 1 heterocycles. The molecule has 0 spiro atoms. The molecule has 0 atom stereocenters. The number of hydrogen-bond acceptors (Lipinski definition) is 4. The van der Waals surface area contributed by atoms with Crippen molar-refractivity contribution in [2.75, 3.05) is 11.9 Å². The fourth-order valence-corrected chi connectivity index (χ4v) is 1.53. The van der Waals surface area contributed by atoms with E-state index in [1.807, 2.05) is 0 Å². The standard InChI is InChI=1S/C14H12N4O2/c15-9-3-5-10-4-1-2-6-11(10)14(20)16-12-7-8-13(19)18-17-12/h1-2,4,6-8H,9,15H2,(H,18,19)(H,16,17,20). The van der Waals surface area contributed by atoms with Gasteiger partial charge in [-0.15, -0.1) is 0 Å². The molecule has 2 aromatic rings. The monoisotopic (exact) mass is 268 g/mol. The van der Waals surface area contributed by atoms with Gasteiger partial charge in [0.2, 0.25) is 0 Å². The topological polar surface area (TPSA) is 101 Å². The van der Waals surface area contributed by atoms with Gasteiger partial charge in [-0.2, -0.15) is 5.10 Å². The van der Waals surface area contributed by atoms with Crippen molar-refractivity contribution in [1.29, 1.82) is 0 Å². The Hall–Kier alpha value is -2.91. The second-order valence-corrected chi connectivity index (χ2v) is 3.81. The zero-order valence-electron chi connectivity index (χ0n) is 10.5. The molecule has 0 aliphatic heterocycles. The van der Waals surface area contributed by atoms with Crippen LogP contribution in [0.3, 0.4) is 0 Å². The number of aromatic nitrogens is 2. The smallest absolute Gasteiger partial charge is 0.264 e. The van der Waals surface area contributed by atoms with Gasteiger partial charge in [0, 0.05) is 11.6 Å². The summed E-state index contributed by atoms with van der Waals surface area (Å²) in [5.41, 5.74) is 5.99. The largest absolute Gasteiger partial charge is 0.320 e. The minimum absolute atomic E-state index is 0.220. The molecule has 0 aliphatic rings. The lowest BCUT2D eigenvalue weighted by molar-refractivity contribution is 0.102. The number of carbonyl (C=O) groups is 1. The van der Waals surface area contributed by atoms with E-state index >= 15 is 0 Å². The number of rotatable bonds is 2. The van der Waals surface area contributed by atoms with Crippen LogP contribution in [0.25, 0.3) is 0 Å². The first kappa shape index (κ1) is 13.5. The van der Waals surface area contributed by atoms with Gasteiger partial charge in [0.25, 0.3) is 11.5 Å². The molecule has 2 rings (SSSR count). The second-order valence-electron chi connectivity index (χ2n) is 3.81. The molecule has 0 saturated carbocycles. The van der Waals surface area contributed by atoms with E-state index < -0.39 is 0 Å². The molecular formula is C14H12N4O2. The maximum Gasteiger partial charge on any atom is 0.264 e. The summed E-state index contributed by atoms with van der Waals surface area (Å²) >= 11 is 0. The van der Waals surface area contributed by atoms with Crippen molar-refractivity contribution < 1.29 is 4.79 Å². The third kappa shape index (κ3) is 3.31. The number of carbonyl (C=O) groups excluding carboxylic acids is 1. The van der Waals surface area contributed by atoms with Crippen LogP contribution >= 0.6 is 0 Å². The molecule has 100 valence electrons. The van der Waals surface area contributed by atoms with Crippen LogP contribution in [-0.2, 0) is 0 Å². The maximum atomic E-state index is 12.1. The summed E-state index contributed by atoms with van der Waals surface area (Å²) in [6.07, 6.45) is 0. The second kappa shape index (κ2) is 6.31. The van der Waals surface area contributed by atoms with Crippen molar-refractivity contribution >= 4 is 11.7 Å². The van der Waals surface area contributed by atoms with E-state index in [0.717, 1.165) is 0 Å². The number of anilines is 1. The predicted molar refractivity (Wildman–Crippen MR) is 75.2 cm³/mol. The Balaban J connectivity index is 2.25. The van der Waals surface area contributed by atoms with Crippen LogP contribution in [0.4, 0.5) is 5.82 Å². The number of nitrogens with one attached hydrogen (secondary N) is 2. The van der Waals surface area contributed by atoms with Crippen LogP contribution in [0.1, 0.15) is 15.9 Å². The average molecular weight is 268 g/mol. The highest BCUT2D eigenvalue weighted by atomic mass is 16.2. The van der Waals surface area contributed by atoms with E-state index in [2.05, 4.69) is 27.4 Å². The minimum atomic E-state index is -0.355. The lowest BCUT2D eigenvalue weighted by atomic mass is 10.1. The van der Waals surface area contributed by atoms with Crippen LogP contribution < -0.4 is 16.6 Å². The van der Waals surface area contributed by atoms with Gasteiger partial charge in [0.1, 0.15) is 0 Å². The SMILES string of the molecule is NCC#Cc1ccccc1C(=O)Nc1ccc(=O)[nH]n1. The first-order valence-corrected chi connectivity index (χ1v) is 5.86. The molecule has 1 aromatic heterocycles. The lowest BCUT2D eigenvalue weighted by Crippen LogP contribution is -2.16. The summed E-state index contributed by atoms with van der Waals surface area (Å²) in [5, 5.41) is 8.53. The highest BCUT2D eigenvalue weighted by molar-refractivity contribution is 6.05. The highest BCUT2D eigenvalue weighted by Crippen LogP contribution is 2.09. The van der Waals surface area contributed by atoms with Gasteiger partial charge in [0.15, 0.2) is 5.82 Å². The summed E-state index contributed by atoms with van der Waals surface area (Å²) < 4.78 is 0. The number of benzene rings is 1. The minimum Gasteiger partial charge on any atom is -0.320 e. The molecule has 1 amide bonds. The Morgan fingerprint density at radius 2 is 2.10 bits per heavy atom. The summed E-state index contributed by atoms with van der Waals surface area (Å²) in [5.74, 6) is 5.45. The molecule has 6 heteroatoms. The van der Waals surface area contributed by atoms with Gasteiger partial charge in [-0.3, -0.25) is 9.59 Å². The van der Waals surface area contributed by atoms with E-state index in [-0.39, 0.29) is 23.8 Å². The summed E-state index contributed by atoms with van der Waals surface area (Å²) in [6.45, 7) is 0.220. The average Bonchev–Trinajstić information content (AvgIpc) is 2.47. The maximum absolute atomic E-state index is 12.1. The number of hydrogen-bond donors (Lipinski definition) is 3. The quantitative estimate of drug-likeness (QED) is 0.683. The Morgan fingerprint density at radius 3 is 2.80 bits per heavy atom. The number of aromatic amines is 1. The molecule has 0 radical (unpaired) electrons. The van der Waals surface area contributed by atoms with Gasteiger partial charge in [-0.25, -0.2) is 5.10 Å². The van der Waals surface area contributed by atoms with Gasteiger partial charge in [-0.1, -0.05) is 24.0 Å². The highest BCUT2D eigenvalue weighted by Gasteiger charge is 2.10. The van der Waals surface area contributed by atoms with Crippen LogP contribution in [0.5, 0.6) is 0 Å². The number of H-pyrrole nitrogens is 1. The zero-order valence-corrected chi connectivity index (χ0v) is 10.5. The van der Waals surface area contributed by atoms with Crippen molar-refractivity contribution in [2.24, 2.45) is 5.73 Å². The van der Waals surface area contributed by atoms with Crippen LogP contribution in [0, 0.1) is 11.8 Å². The van der Waals surface area contributed by atoms with Gasteiger partial charge < -0.3 is 11.1 Å². The molecule has 1 aromatic carbocycles. The molecule has 0 unspecified atom stereocenters. The van der Waals surface area contributed by atoms with Crippen molar-refractivity contribution in [2.45, 2.75) is 0 Å². The first-order chi connectivity index (χ1) is 9.70. The number of nitrogens with two attached hydrogens (primary N) is 1. The normalized spacial score (nSPS) is 9.45. The predicted octanol–water partition coefficient (Wildman–Crippen LogP) is 0.332. The Labute approximate surface area is 115 Å². The molecule has 0 aliphatic carbocycles. The van der Waals surface area contributed by atoms with Crippen LogP contribution in [0.2, 0.25) is 0 Å². The molecule has 0 bridgehead atoms. The van der Waals surface area contributed by atoms with Crippen molar-refractivity contribution in [3.8, 4) is 11.8 Å². The first-order valence-electron chi connectivity index (χ1n) is 5.86. The fraction of sp³-hybridized carbons (Fsp3) is 0.0714. The lowest BCUT2D eigenvalue weighted by Gasteiger charge is -2.05. The fourth-order valence-electron chi connectivity index (χ4n) is 1.53. The van der Waals surface area contributed by atoms with Crippen LogP contribution in [-0.4, -0.2) is 22.6 Å². The van der Waals surface area contributed by atoms with E-state index in [0.29, 0.717) is 11.1 Å².